The van der Waals surface area contributed by atoms with Crippen LogP contribution >= 0.6 is 0 Å². The Labute approximate surface area is 110 Å². The third-order valence-electron chi connectivity index (χ3n) is 2.49. The summed E-state index contributed by atoms with van der Waals surface area (Å²) in [7, 11) is 0. The van der Waals surface area contributed by atoms with Crippen molar-refractivity contribution in [2.24, 2.45) is 5.73 Å². The molecular formula is C13H15N5O. The zero-order valence-corrected chi connectivity index (χ0v) is 10.3. The average Bonchev–Trinajstić information content (AvgIpc) is 2.85. The number of aromatic nitrogens is 2. The summed E-state index contributed by atoms with van der Waals surface area (Å²) in [5.41, 5.74) is 7.69. The van der Waals surface area contributed by atoms with Crippen molar-refractivity contribution >= 4 is 23.6 Å². The van der Waals surface area contributed by atoms with Gasteiger partial charge < -0.3 is 16.4 Å². The maximum absolute atomic E-state index is 10.7. The van der Waals surface area contributed by atoms with Crippen molar-refractivity contribution in [3.63, 3.8) is 0 Å². The minimum absolute atomic E-state index is 0.572. The van der Waals surface area contributed by atoms with Gasteiger partial charge in [-0.05, 0) is 24.3 Å². The average molecular weight is 257 g/mol. The number of nitrogens with one attached hydrogen (secondary N) is 2. The number of nitrogens with two attached hydrogens (primary N) is 1. The normalized spacial score (nSPS) is 9.89. The van der Waals surface area contributed by atoms with Gasteiger partial charge in [0.2, 0.25) is 0 Å². The summed E-state index contributed by atoms with van der Waals surface area (Å²) in [5.74, 6) is 0. The van der Waals surface area contributed by atoms with Gasteiger partial charge in [-0.15, -0.1) is 0 Å². The van der Waals surface area contributed by atoms with Gasteiger partial charge in [0.25, 0.3) is 0 Å². The SMILES string of the molecule is C=Cn1cc(CNc2ccc(NC(N)=O)cc2)cn1. The number of hydrogen-bond donors (Lipinski definition) is 3. The molecule has 6 nitrogen and oxygen atoms in total. The van der Waals surface area contributed by atoms with Gasteiger partial charge in [-0.3, -0.25) is 0 Å². The predicted octanol–water partition coefficient (Wildman–Crippen LogP) is 2.09. The molecule has 1 aromatic heterocycles. The van der Waals surface area contributed by atoms with Gasteiger partial charge in [0.15, 0.2) is 0 Å². The van der Waals surface area contributed by atoms with E-state index in [9.17, 15) is 4.79 Å². The number of primary amides is 1. The van der Waals surface area contributed by atoms with Crippen molar-refractivity contribution in [1.29, 1.82) is 0 Å². The Morgan fingerprint density at radius 2 is 2.05 bits per heavy atom. The van der Waals surface area contributed by atoms with E-state index in [0.29, 0.717) is 12.2 Å². The summed E-state index contributed by atoms with van der Waals surface area (Å²) in [5, 5.41) is 9.84. The van der Waals surface area contributed by atoms with E-state index in [4.69, 9.17) is 5.73 Å². The molecule has 0 spiro atoms. The molecule has 0 saturated carbocycles. The van der Waals surface area contributed by atoms with Crippen LogP contribution in [-0.2, 0) is 6.54 Å². The highest BCUT2D eigenvalue weighted by Crippen LogP contribution is 2.14. The summed E-state index contributed by atoms with van der Waals surface area (Å²) in [6, 6.07) is 6.71. The molecule has 19 heavy (non-hydrogen) atoms. The highest BCUT2D eigenvalue weighted by Gasteiger charge is 1.99. The largest absolute Gasteiger partial charge is 0.381 e. The van der Waals surface area contributed by atoms with Crippen LogP contribution in [0.15, 0.2) is 43.2 Å². The molecule has 2 amide bonds. The highest BCUT2D eigenvalue weighted by atomic mass is 16.2. The molecule has 0 saturated heterocycles. The second-order valence-electron chi connectivity index (χ2n) is 3.93. The van der Waals surface area contributed by atoms with Crippen LogP contribution in [0, 0.1) is 0 Å². The number of amides is 2. The fourth-order valence-corrected chi connectivity index (χ4v) is 1.59. The molecule has 2 aromatic rings. The van der Waals surface area contributed by atoms with E-state index in [0.717, 1.165) is 11.3 Å². The van der Waals surface area contributed by atoms with E-state index >= 15 is 0 Å². The lowest BCUT2D eigenvalue weighted by molar-refractivity contribution is 0.259. The quantitative estimate of drug-likeness (QED) is 0.766. The molecule has 0 aliphatic carbocycles. The first-order valence-corrected chi connectivity index (χ1v) is 5.73. The van der Waals surface area contributed by atoms with Gasteiger partial charge in [0.05, 0.1) is 6.20 Å². The maximum Gasteiger partial charge on any atom is 0.316 e. The number of carbonyl (C=O) groups excluding carboxylic acids is 1. The Morgan fingerprint density at radius 3 is 2.63 bits per heavy atom. The lowest BCUT2D eigenvalue weighted by atomic mass is 10.2. The lowest BCUT2D eigenvalue weighted by Gasteiger charge is -2.06. The van der Waals surface area contributed by atoms with Crippen LogP contribution in [0.3, 0.4) is 0 Å². The smallest absolute Gasteiger partial charge is 0.316 e. The minimum Gasteiger partial charge on any atom is -0.381 e. The summed E-state index contributed by atoms with van der Waals surface area (Å²) in [6.07, 6.45) is 5.30. The van der Waals surface area contributed by atoms with Crippen LogP contribution in [0.5, 0.6) is 0 Å². The number of hydrogen-bond acceptors (Lipinski definition) is 3. The minimum atomic E-state index is -0.572. The molecule has 0 fully saturated rings. The molecule has 0 bridgehead atoms. The standard InChI is InChI=1S/C13H15N5O/c1-2-18-9-10(8-16-18)7-15-11-3-5-12(6-4-11)17-13(14)19/h2-6,8-9,15H,1,7H2,(H3,14,17,19). The summed E-state index contributed by atoms with van der Waals surface area (Å²) < 4.78 is 1.65. The molecule has 0 atom stereocenters. The van der Waals surface area contributed by atoms with Gasteiger partial charge in [-0.1, -0.05) is 6.58 Å². The fraction of sp³-hybridized carbons (Fsp3) is 0.0769. The van der Waals surface area contributed by atoms with E-state index in [1.165, 1.54) is 0 Å². The van der Waals surface area contributed by atoms with E-state index in [1.807, 2.05) is 18.3 Å². The van der Waals surface area contributed by atoms with Gasteiger partial charge in [0.1, 0.15) is 0 Å². The van der Waals surface area contributed by atoms with E-state index in [2.05, 4.69) is 22.3 Å². The summed E-state index contributed by atoms with van der Waals surface area (Å²) in [6.45, 7) is 4.29. The molecule has 6 heteroatoms. The molecular weight excluding hydrogens is 242 g/mol. The number of carbonyl (C=O) groups is 1. The second-order valence-corrected chi connectivity index (χ2v) is 3.93. The van der Waals surface area contributed by atoms with Crippen LogP contribution in [0.1, 0.15) is 5.56 Å². The second kappa shape index (κ2) is 5.72. The Hall–Kier alpha value is -2.76. The molecule has 1 aromatic carbocycles. The number of benzene rings is 1. The first-order chi connectivity index (χ1) is 9.17. The topological polar surface area (TPSA) is 85.0 Å². The van der Waals surface area contributed by atoms with E-state index in [-0.39, 0.29) is 0 Å². The van der Waals surface area contributed by atoms with Crippen molar-refractivity contribution in [2.45, 2.75) is 6.54 Å². The van der Waals surface area contributed by atoms with Gasteiger partial charge >= 0.3 is 6.03 Å². The molecule has 2 rings (SSSR count). The van der Waals surface area contributed by atoms with Crippen LogP contribution in [-0.4, -0.2) is 15.8 Å². The summed E-state index contributed by atoms with van der Waals surface area (Å²) >= 11 is 0. The van der Waals surface area contributed by atoms with Gasteiger partial charge in [0, 0.05) is 35.9 Å². The van der Waals surface area contributed by atoms with E-state index in [1.54, 1.807) is 29.2 Å². The number of nitrogens with zero attached hydrogens (tertiary/aromatic N) is 2. The third kappa shape index (κ3) is 3.60. The first-order valence-electron chi connectivity index (χ1n) is 5.73. The Kier molecular flexibility index (Phi) is 3.82. The van der Waals surface area contributed by atoms with Gasteiger partial charge in [-0.25, -0.2) is 9.48 Å². The Balaban J connectivity index is 1.92. The summed E-state index contributed by atoms with van der Waals surface area (Å²) in [4.78, 5) is 10.7. The van der Waals surface area contributed by atoms with Crippen LogP contribution in [0.2, 0.25) is 0 Å². The van der Waals surface area contributed by atoms with Gasteiger partial charge in [-0.2, -0.15) is 5.10 Å². The zero-order valence-electron chi connectivity index (χ0n) is 10.3. The van der Waals surface area contributed by atoms with Crippen LogP contribution in [0.4, 0.5) is 16.2 Å². The van der Waals surface area contributed by atoms with Crippen molar-refractivity contribution in [1.82, 2.24) is 9.78 Å². The predicted molar refractivity (Wildman–Crippen MR) is 75.6 cm³/mol. The number of rotatable bonds is 5. The van der Waals surface area contributed by atoms with Crippen molar-refractivity contribution < 1.29 is 4.79 Å². The van der Waals surface area contributed by atoms with Crippen LogP contribution in [0.25, 0.3) is 6.20 Å². The van der Waals surface area contributed by atoms with Crippen molar-refractivity contribution in [3.05, 3.63) is 48.8 Å². The Bertz CT molecular complexity index is 573. The highest BCUT2D eigenvalue weighted by molar-refractivity contribution is 5.87. The molecule has 0 aliphatic heterocycles. The molecule has 0 aliphatic rings. The monoisotopic (exact) mass is 257 g/mol. The lowest BCUT2D eigenvalue weighted by Crippen LogP contribution is -2.19. The fourth-order valence-electron chi connectivity index (χ4n) is 1.59. The number of urea groups is 1. The molecule has 4 N–H and O–H groups in total. The molecule has 0 unspecified atom stereocenters. The van der Waals surface area contributed by atoms with Crippen molar-refractivity contribution in [3.8, 4) is 0 Å². The zero-order chi connectivity index (χ0) is 13.7. The first kappa shape index (κ1) is 12.7. The van der Waals surface area contributed by atoms with E-state index < -0.39 is 6.03 Å². The molecule has 1 heterocycles. The Morgan fingerprint density at radius 1 is 1.37 bits per heavy atom. The maximum atomic E-state index is 10.7. The van der Waals surface area contributed by atoms with Crippen molar-refractivity contribution in [2.75, 3.05) is 10.6 Å². The molecule has 98 valence electrons. The third-order valence-corrected chi connectivity index (χ3v) is 2.49. The molecule has 0 radical (unpaired) electrons. The van der Waals surface area contributed by atoms with Crippen LogP contribution < -0.4 is 16.4 Å². The number of anilines is 2.